The molecule has 0 aliphatic rings. The molecule has 1 aromatic heterocycles. The van der Waals surface area contributed by atoms with Gasteiger partial charge in [-0.25, -0.2) is 4.98 Å². The maximum atomic E-state index is 8.44. The summed E-state index contributed by atoms with van der Waals surface area (Å²) in [4.78, 5) is 4.05. The molecule has 7 heteroatoms. The van der Waals surface area contributed by atoms with Crippen LogP contribution in [0, 0.1) is 0 Å². The Morgan fingerprint density at radius 3 is 2.94 bits per heavy atom. The van der Waals surface area contributed by atoms with E-state index in [2.05, 4.69) is 15.5 Å². The summed E-state index contributed by atoms with van der Waals surface area (Å²) >= 11 is 0. The molecule has 0 radical (unpaired) electrons. The summed E-state index contributed by atoms with van der Waals surface area (Å²) in [6.45, 7) is 2.74. The highest BCUT2D eigenvalue weighted by atomic mass is 16.5. The van der Waals surface area contributed by atoms with Crippen LogP contribution in [-0.4, -0.2) is 42.4 Å². The fourth-order valence-corrected chi connectivity index (χ4v) is 1.20. The van der Waals surface area contributed by atoms with Crippen LogP contribution >= 0.6 is 0 Å². The summed E-state index contributed by atoms with van der Waals surface area (Å²) in [6, 6.07) is 3.63. The maximum absolute atomic E-state index is 8.44. The number of anilines is 1. The summed E-state index contributed by atoms with van der Waals surface area (Å²) in [5.41, 5.74) is 6.24. The first kappa shape index (κ1) is 14.0. The second kappa shape index (κ2) is 7.33. The third-order valence-corrected chi connectivity index (χ3v) is 2.28. The molecule has 0 fully saturated rings. The lowest BCUT2D eigenvalue weighted by Gasteiger charge is -2.12. The highest BCUT2D eigenvalue weighted by Gasteiger charge is 2.06. The maximum Gasteiger partial charge on any atom is 0.213 e. The Morgan fingerprint density at radius 1 is 1.61 bits per heavy atom. The summed E-state index contributed by atoms with van der Waals surface area (Å²) in [5, 5.41) is 14.4. The number of nitrogens with zero attached hydrogens (tertiary/aromatic N) is 2. The molecule has 7 nitrogen and oxygen atoms in total. The van der Waals surface area contributed by atoms with Crippen LogP contribution in [0.25, 0.3) is 0 Å². The topological polar surface area (TPSA) is 102 Å². The highest BCUT2D eigenvalue weighted by molar-refractivity contribution is 5.83. The van der Waals surface area contributed by atoms with Gasteiger partial charge in [0.1, 0.15) is 6.10 Å². The molecule has 0 saturated heterocycles. The molecule has 1 rings (SSSR count). The lowest BCUT2D eigenvalue weighted by molar-refractivity contribution is 0.115. The summed E-state index contributed by atoms with van der Waals surface area (Å²) in [5.74, 6) is 0.624. The van der Waals surface area contributed by atoms with E-state index in [1.807, 2.05) is 6.07 Å². The third kappa shape index (κ3) is 4.46. The van der Waals surface area contributed by atoms with E-state index in [0.29, 0.717) is 19.0 Å². The first-order valence-corrected chi connectivity index (χ1v) is 5.50. The van der Waals surface area contributed by atoms with Gasteiger partial charge in [-0.1, -0.05) is 5.16 Å². The Bertz CT molecular complexity index is 380. The lowest BCUT2D eigenvalue weighted by atomic mass is 10.4. The van der Waals surface area contributed by atoms with Gasteiger partial charge in [0.25, 0.3) is 0 Å². The van der Waals surface area contributed by atoms with Gasteiger partial charge in [0, 0.05) is 12.6 Å². The molecule has 0 aliphatic heterocycles. The molecule has 0 aromatic carbocycles. The van der Waals surface area contributed by atoms with Gasteiger partial charge in [0.15, 0.2) is 5.84 Å². The number of nitrogens with two attached hydrogens (primary N) is 1. The zero-order valence-corrected chi connectivity index (χ0v) is 10.5. The molecular formula is C11H18N4O3. The van der Waals surface area contributed by atoms with Crippen molar-refractivity contribution in [3.63, 3.8) is 0 Å². The molecule has 1 heterocycles. The largest absolute Gasteiger partial charge is 0.481 e. The Morgan fingerprint density at radius 2 is 2.39 bits per heavy atom. The van der Waals surface area contributed by atoms with Gasteiger partial charge in [-0.3, -0.25) is 0 Å². The number of hydrogen-bond donors (Lipinski definition) is 3. The van der Waals surface area contributed by atoms with Crippen LogP contribution in [0.3, 0.4) is 0 Å². The van der Waals surface area contributed by atoms with E-state index >= 15 is 0 Å². The molecule has 100 valence electrons. The smallest absolute Gasteiger partial charge is 0.213 e. The van der Waals surface area contributed by atoms with Gasteiger partial charge < -0.3 is 25.7 Å². The van der Waals surface area contributed by atoms with Crippen LogP contribution in [0.4, 0.5) is 5.69 Å². The van der Waals surface area contributed by atoms with Crippen molar-refractivity contribution in [3.8, 4) is 5.88 Å². The van der Waals surface area contributed by atoms with Crippen molar-refractivity contribution in [1.29, 1.82) is 0 Å². The zero-order valence-electron chi connectivity index (χ0n) is 10.5. The lowest BCUT2D eigenvalue weighted by Crippen LogP contribution is -2.30. The first-order chi connectivity index (χ1) is 8.67. The SMILES string of the molecule is COc1ccc(NCCOC(C)/C(N)=N/O)cn1. The average Bonchev–Trinajstić information content (AvgIpc) is 2.43. The molecule has 1 aromatic rings. The molecule has 4 N–H and O–H groups in total. The number of aromatic nitrogens is 1. The van der Waals surface area contributed by atoms with Crippen LogP contribution in [-0.2, 0) is 4.74 Å². The standard InChI is InChI=1S/C11H18N4O3/c1-8(11(12)15-16)18-6-5-13-9-3-4-10(17-2)14-7-9/h3-4,7-8,13,16H,5-6H2,1-2H3,(H2,12,15). The quantitative estimate of drug-likeness (QED) is 0.217. The Kier molecular flexibility index (Phi) is 5.72. The fourth-order valence-electron chi connectivity index (χ4n) is 1.20. The molecule has 0 spiro atoms. The molecule has 0 amide bonds. The summed E-state index contributed by atoms with van der Waals surface area (Å²) in [7, 11) is 1.57. The summed E-state index contributed by atoms with van der Waals surface area (Å²) < 4.78 is 10.3. The van der Waals surface area contributed by atoms with E-state index in [4.69, 9.17) is 20.4 Å². The summed E-state index contributed by atoms with van der Waals surface area (Å²) in [6.07, 6.45) is 1.26. The van der Waals surface area contributed by atoms with E-state index in [-0.39, 0.29) is 5.84 Å². The van der Waals surface area contributed by atoms with Crippen molar-refractivity contribution >= 4 is 11.5 Å². The van der Waals surface area contributed by atoms with E-state index in [0.717, 1.165) is 5.69 Å². The van der Waals surface area contributed by atoms with Gasteiger partial charge >= 0.3 is 0 Å². The van der Waals surface area contributed by atoms with E-state index < -0.39 is 6.10 Å². The molecule has 0 aliphatic carbocycles. The minimum Gasteiger partial charge on any atom is -0.481 e. The van der Waals surface area contributed by atoms with E-state index in [9.17, 15) is 0 Å². The van der Waals surface area contributed by atoms with Gasteiger partial charge in [-0.15, -0.1) is 0 Å². The minimum atomic E-state index is -0.411. The average molecular weight is 254 g/mol. The van der Waals surface area contributed by atoms with Gasteiger partial charge in [-0.2, -0.15) is 0 Å². The zero-order chi connectivity index (χ0) is 13.4. The van der Waals surface area contributed by atoms with E-state index in [1.54, 1.807) is 26.3 Å². The number of methoxy groups -OCH3 is 1. The van der Waals surface area contributed by atoms with Gasteiger partial charge in [0.05, 0.1) is 25.6 Å². The minimum absolute atomic E-state index is 0.0566. The molecular weight excluding hydrogens is 236 g/mol. The third-order valence-electron chi connectivity index (χ3n) is 2.28. The predicted octanol–water partition coefficient (Wildman–Crippen LogP) is 0.654. The van der Waals surface area contributed by atoms with Crippen molar-refractivity contribution in [1.82, 2.24) is 4.98 Å². The number of rotatable bonds is 7. The number of amidine groups is 1. The molecule has 1 atom stereocenters. The normalized spacial score (nSPS) is 13.1. The molecule has 0 bridgehead atoms. The van der Waals surface area contributed by atoms with Crippen molar-refractivity contribution in [2.45, 2.75) is 13.0 Å². The monoisotopic (exact) mass is 254 g/mol. The Balaban J connectivity index is 2.25. The predicted molar refractivity (Wildman–Crippen MR) is 68.1 cm³/mol. The molecule has 18 heavy (non-hydrogen) atoms. The van der Waals surface area contributed by atoms with Crippen molar-refractivity contribution in [2.75, 3.05) is 25.6 Å². The van der Waals surface area contributed by atoms with Crippen molar-refractivity contribution in [2.24, 2.45) is 10.9 Å². The van der Waals surface area contributed by atoms with Gasteiger partial charge in [-0.05, 0) is 13.0 Å². The van der Waals surface area contributed by atoms with Crippen LogP contribution in [0.15, 0.2) is 23.5 Å². The van der Waals surface area contributed by atoms with Crippen LogP contribution < -0.4 is 15.8 Å². The molecule has 1 unspecified atom stereocenters. The van der Waals surface area contributed by atoms with Crippen molar-refractivity contribution in [3.05, 3.63) is 18.3 Å². The van der Waals surface area contributed by atoms with E-state index in [1.165, 1.54) is 0 Å². The second-order valence-electron chi connectivity index (χ2n) is 3.55. The van der Waals surface area contributed by atoms with Crippen molar-refractivity contribution < 1.29 is 14.7 Å². The number of hydrogen-bond acceptors (Lipinski definition) is 6. The highest BCUT2D eigenvalue weighted by Crippen LogP contribution is 2.10. The first-order valence-electron chi connectivity index (χ1n) is 5.50. The number of nitrogens with one attached hydrogen (secondary N) is 1. The second-order valence-corrected chi connectivity index (χ2v) is 3.55. The van der Waals surface area contributed by atoms with Crippen LogP contribution in [0.1, 0.15) is 6.92 Å². The van der Waals surface area contributed by atoms with Crippen LogP contribution in [0.2, 0.25) is 0 Å². The number of pyridine rings is 1. The molecule has 0 saturated carbocycles. The Labute approximate surface area is 106 Å². The fraction of sp³-hybridized carbons (Fsp3) is 0.455. The van der Waals surface area contributed by atoms with Gasteiger partial charge in [0.2, 0.25) is 5.88 Å². The Hall–Kier alpha value is -2.02. The number of ether oxygens (including phenoxy) is 2. The van der Waals surface area contributed by atoms with Crippen LogP contribution in [0.5, 0.6) is 5.88 Å². The number of oxime groups is 1.